The van der Waals surface area contributed by atoms with E-state index in [9.17, 15) is 4.79 Å². The van der Waals surface area contributed by atoms with Gasteiger partial charge < -0.3 is 15.4 Å². The summed E-state index contributed by atoms with van der Waals surface area (Å²) in [5, 5.41) is 7.89. The van der Waals surface area contributed by atoms with Gasteiger partial charge in [-0.05, 0) is 29.0 Å². The Morgan fingerprint density at radius 2 is 1.96 bits per heavy atom. The van der Waals surface area contributed by atoms with E-state index < -0.39 is 0 Å². The first kappa shape index (κ1) is 17.9. The van der Waals surface area contributed by atoms with Gasteiger partial charge in [0.05, 0.1) is 13.2 Å². The van der Waals surface area contributed by atoms with Crippen molar-refractivity contribution < 1.29 is 9.53 Å². The Morgan fingerprint density at radius 1 is 1.12 bits per heavy atom. The molecule has 0 saturated carbocycles. The summed E-state index contributed by atoms with van der Waals surface area (Å²) in [6.45, 7) is 5.72. The highest BCUT2D eigenvalue weighted by atomic mass is 32.1. The van der Waals surface area contributed by atoms with Gasteiger partial charge in [0.15, 0.2) is 0 Å². The topological polar surface area (TPSA) is 53.6 Å². The first-order valence-corrected chi connectivity index (χ1v) is 9.59. The zero-order chi connectivity index (χ0) is 17.3. The number of ether oxygens (including phenoxy) is 1. The quantitative estimate of drug-likeness (QED) is 0.799. The second-order valence-corrected chi connectivity index (χ2v) is 7.18. The van der Waals surface area contributed by atoms with Crippen LogP contribution in [0, 0.1) is 0 Å². The highest BCUT2D eigenvalue weighted by molar-refractivity contribution is 7.09. The number of nitrogens with zero attached hydrogens (tertiary/aromatic N) is 1. The fourth-order valence-electron chi connectivity index (χ4n) is 2.85. The molecule has 0 bridgehead atoms. The van der Waals surface area contributed by atoms with E-state index in [2.05, 4.69) is 51.2 Å². The first-order valence-electron chi connectivity index (χ1n) is 8.71. The molecule has 2 aromatic rings. The van der Waals surface area contributed by atoms with Gasteiger partial charge in [0.25, 0.3) is 0 Å². The molecule has 1 aromatic carbocycles. The molecule has 134 valence electrons. The van der Waals surface area contributed by atoms with Crippen LogP contribution in [0.3, 0.4) is 0 Å². The normalized spacial score (nSPS) is 15.0. The first-order chi connectivity index (χ1) is 12.3. The van der Waals surface area contributed by atoms with Gasteiger partial charge in [-0.1, -0.05) is 30.3 Å². The average molecular weight is 359 g/mol. The van der Waals surface area contributed by atoms with Crippen molar-refractivity contribution in [2.45, 2.75) is 19.5 Å². The molecule has 2 N–H and O–H groups in total. The van der Waals surface area contributed by atoms with Crippen LogP contribution >= 0.6 is 11.3 Å². The summed E-state index contributed by atoms with van der Waals surface area (Å²) in [6, 6.07) is 12.4. The van der Waals surface area contributed by atoms with Crippen molar-refractivity contribution in [3.63, 3.8) is 0 Å². The van der Waals surface area contributed by atoms with E-state index >= 15 is 0 Å². The molecule has 2 heterocycles. The smallest absolute Gasteiger partial charge is 0.315 e. The van der Waals surface area contributed by atoms with Crippen molar-refractivity contribution in [1.82, 2.24) is 15.5 Å². The molecule has 0 spiro atoms. The van der Waals surface area contributed by atoms with Gasteiger partial charge in [-0.15, -0.1) is 11.3 Å². The number of morpholine rings is 1. The van der Waals surface area contributed by atoms with Gasteiger partial charge in [-0.3, -0.25) is 4.90 Å². The largest absolute Gasteiger partial charge is 0.379 e. The van der Waals surface area contributed by atoms with Crippen LogP contribution < -0.4 is 10.6 Å². The van der Waals surface area contributed by atoms with Crippen LogP contribution in [0.2, 0.25) is 0 Å². The van der Waals surface area contributed by atoms with Gasteiger partial charge in [0.2, 0.25) is 0 Å². The lowest BCUT2D eigenvalue weighted by Crippen LogP contribution is -2.36. The summed E-state index contributed by atoms with van der Waals surface area (Å²) in [4.78, 5) is 15.6. The molecular weight excluding hydrogens is 334 g/mol. The van der Waals surface area contributed by atoms with E-state index in [1.54, 1.807) is 11.3 Å². The highest BCUT2D eigenvalue weighted by Gasteiger charge is 2.10. The number of nitrogens with one attached hydrogen (secondary N) is 2. The van der Waals surface area contributed by atoms with Crippen molar-refractivity contribution in [2.75, 3.05) is 32.8 Å². The third-order valence-electron chi connectivity index (χ3n) is 4.19. The molecule has 2 amide bonds. The van der Waals surface area contributed by atoms with Gasteiger partial charge in [-0.25, -0.2) is 4.79 Å². The minimum Gasteiger partial charge on any atom is -0.379 e. The van der Waals surface area contributed by atoms with E-state index in [1.807, 2.05) is 6.07 Å². The zero-order valence-electron chi connectivity index (χ0n) is 14.4. The van der Waals surface area contributed by atoms with Crippen molar-refractivity contribution in [3.8, 4) is 0 Å². The molecule has 6 heteroatoms. The lowest BCUT2D eigenvalue weighted by Gasteiger charge is -2.26. The number of hydrogen-bond acceptors (Lipinski definition) is 4. The highest BCUT2D eigenvalue weighted by Crippen LogP contribution is 2.10. The number of urea groups is 1. The summed E-state index contributed by atoms with van der Waals surface area (Å²) >= 11 is 1.72. The molecule has 0 aliphatic carbocycles. The average Bonchev–Trinajstić information content (AvgIpc) is 3.15. The molecule has 1 saturated heterocycles. The molecule has 5 nitrogen and oxygen atoms in total. The number of thiophene rings is 1. The van der Waals surface area contributed by atoms with Crippen LogP contribution in [-0.2, 0) is 24.2 Å². The number of rotatable bonds is 7. The van der Waals surface area contributed by atoms with Crippen molar-refractivity contribution in [1.29, 1.82) is 0 Å². The molecule has 0 unspecified atom stereocenters. The fraction of sp³-hybridized carbons (Fsp3) is 0.421. The summed E-state index contributed by atoms with van der Waals surface area (Å²) in [5.74, 6) is 0. The van der Waals surface area contributed by atoms with Crippen LogP contribution in [0.25, 0.3) is 0 Å². The molecule has 25 heavy (non-hydrogen) atoms. The Morgan fingerprint density at radius 3 is 2.76 bits per heavy atom. The van der Waals surface area contributed by atoms with E-state index in [-0.39, 0.29) is 6.03 Å². The predicted molar refractivity (Wildman–Crippen MR) is 101 cm³/mol. The molecule has 3 rings (SSSR count). The van der Waals surface area contributed by atoms with Crippen molar-refractivity contribution in [2.24, 2.45) is 0 Å². The van der Waals surface area contributed by atoms with Crippen LogP contribution in [0.5, 0.6) is 0 Å². The number of benzene rings is 1. The maximum atomic E-state index is 11.9. The molecule has 0 radical (unpaired) electrons. The summed E-state index contributed by atoms with van der Waals surface area (Å²) < 4.78 is 5.39. The summed E-state index contributed by atoms with van der Waals surface area (Å²) in [6.07, 6.45) is 0.875. The van der Waals surface area contributed by atoms with Gasteiger partial charge >= 0.3 is 6.03 Å². The SMILES string of the molecule is O=C(NCCc1cccs1)NCc1cccc(CN2CCOCC2)c1. The Kier molecular flexibility index (Phi) is 6.85. The van der Waals surface area contributed by atoms with E-state index in [1.165, 1.54) is 10.4 Å². The predicted octanol–water partition coefficient (Wildman–Crippen LogP) is 2.62. The third-order valence-corrected chi connectivity index (χ3v) is 5.13. The van der Waals surface area contributed by atoms with Gasteiger partial charge in [0.1, 0.15) is 0 Å². The summed E-state index contributed by atoms with van der Waals surface area (Å²) in [5.41, 5.74) is 2.40. The van der Waals surface area contributed by atoms with Gasteiger partial charge in [-0.2, -0.15) is 0 Å². The van der Waals surface area contributed by atoms with Gasteiger partial charge in [0, 0.05) is 37.6 Å². The van der Waals surface area contributed by atoms with Crippen LogP contribution in [-0.4, -0.2) is 43.8 Å². The molecule has 1 aromatic heterocycles. The second-order valence-electron chi connectivity index (χ2n) is 6.15. The minimum absolute atomic E-state index is 0.116. The Hall–Kier alpha value is -1.89. The Labute approximate surface area is 153 Å². The van der Waals surface area contributed by atoms with E-state index in [4.69, 9.17) is 4.74 Å². The second kappa shape index (κ2) is 9.56. The minimum atomic E-state index is -0.116. The van der Waals surface area contributed by atoms with E-state index in [0.29, 0.717) is 13.1 Å². The van der Waals surface area contributed by atoms with Crippen LogP contribution in [0.15, 0.2) is 41.8 Å². The molecule has 0 atom stereocenters. The van der Waals surface area contributed by atoms with Crippen LogP contribution in [0.1, 0.15) is 16.0 Å². The maximum Gasteiger partial charge on any atom is 0.315 e. The Balaban J connectivity index is 1.39. The Bertz CT molecular complexity index is 654. The monoisotopic (exact) mass is 359 g/mol. The van der Waals surface area contributed by atoms with Crippen LogP contribution in [0.4, 0.5) is 4.79 Å². The standard InChI is InChI=1S/C19H25N3O2S/c23-19(20-7-6-18-5-2-12-25-18)21-14-16-3-1-4-17(13-16)15-22-8-10-24-11-9-22/h1-5,12-13H,6-11,14-15H2,(H2,20,21,23). The summed E-state index contributed by atoms with van der Waals surface area (Å²) in [7, 11) is 0. The lowest BCUT2D eigenvalue weighted by molar-refractivity contribution is 0.0342. The van der Waals surface area contributed by atoms with Crippen molar-refractivity contribution in [3.05, 3.63) is 57.8 Å². The number of carbonyl (C=O) groups excluding carboxylic acids is 1. The molecular formula is C19H25N3O2S. The maximum absolute atomic E-state index is 11.9. The number of carbonyl (C=O) groups is 1. The lowest BCUT2D eigenvalue weighted by atomic mass is 10.1. The van der Waals surface area contributed by atoms with Crippen molar-refractivity contribution >= 4 is 17.4 Å². The number of amides is 2. The molecule has 1 aliphatic heterocycles. The fourth-order valence-corrected chi connectivity index (χ4v) is 3.56. The number of hydrogen-bond donors (Lipinski definition) is 2. The van der Waals surface area contributed by atoms with E-state index in [0.717, 1.165) is 44.8 Å². The zero-order valence-corrected chi connectivity index (χ0v) is 15.2. The third kappa shape index (κ3) is 6.16. The molecule has 1 aliphatic rings. The molecule has 1 fully saturated rings.